The molecule has 1 saturated carbocycles. The van der Waals surface area contributed by atoms with Gasteiger partial charge in [-0.25, -0.2) is 8.42 Å². The molecule has 1 fully saturated rings. The van der Waals surface area contributed by atoms with Crippen molar-refractivity contribution in [3.05, 3.63) is 0 Å². The van der Waals surface area contributed by atoms with E-state index in [1.54, 1.807) is 0 Å². The molecule has 0 heterocycles. The summed E-state index contributed by atoms with van der Waals surface area (Å²) in [6.45, 7) is 1.50. The zero-order chi connectivity index (χ0) is 8.48. The van der Waals surface area contributed by atoms with Crippen molar-refractivity contribution in [2.24, 2.45) is 0 Å². The highest BCUT2D eigenvalue weighted by Crippen LogP contribution is 2.27. The molecule has 0 aromatic heterocycles. The molecule has 4 nitrogen and oxygen atoms in total. The molecule has 61 valence electrons. The Morgan fingerprint density at radius 2 is 2.09 bits per heavy atom. The summed E-state index contributed by atoms with van der Waals surface area (Å²) in [5.41, 5.74) is 0. The van der Waals surface area contributed by atoms with Crippen LogP contribution >= 0.6 is 0 Å². The molecular formula is C5H9BNO3S. The van der Waals surface area contributed by atoms with Crippen LogP contribution in [-0.2, 0) is 10.0 Å². The van der Waals surface area contributed by atoms with E-state index in [0.29, 0.717) is 12.8 Å². The van der Waals surface area contributed by atoms with Gasteiger partial charge in [0.1, 0.15) is 0 Å². The maximum absolute atomic E-state index is 11.0. The van der Waals surface area contributed by atoms with E-state index >= 15 is 0 Å². The summed E-state index contributed by atoms with van der Waals surface area (Å²) >= 11 is 0. The lowest BCUT2D eigenvalue weighted by atomic mass is 9.82. The van der Waals surface area contributed by atoms with E-state index in [0.717, 1.165) is 0 Å². The second-order valence-corrected chi connectivity index (χ2v) is 4.46. The van der Waals surface area contributed by atoms with Gasteiger partial charge in [0.25, 0.3) is 0 Å². The molecule has 1 amide bonds. The van der Waals surface area contributed by atoms with Crippen molar-refractivity contribution < 1.29 is 13.2 Å². The molecule has 0 aromatic rings. The fourth-order valence-electron chi connectivity index (χ4n) is 0.661. The zero-order valence-electron chi connectivity index (χ0n) is 6.20. The van der Waals surface area contributed by atoms with Crippen LogP contribution in [0.5, 0.6) is 0 Å². The predicted octanol–water partition coefficient (Wildman–Crippen LogP) is -0.0595. The number of sulfonamides is 1. The summed E-state index contributed by atoms with van der Waals surface area (Å²) in [6, 6.07) is 0. The molecule has 0 aromatic carbocycles. The molecule has 11 heavy (non-hydrogen) atoms. The second-order valence-electron chi connectivity index (χ2n) is 2.50. The molecule has 1 aliphatic rings. The lowest BCUT2D eigenvalue weighted by Crippen LogP contribution is -2.34. The highest BCUT2D eigenvalue weighted by atomic mass is 32.2. The molecule has 1 N–H and O–H groups in total. The first-order valence-electron chi connectivity index (χ1n) is 3.41. The lowest BCUT2D eigenvalue weighted by Gasteiger charge is -2.02. The first kappa shape index (κ1) is 8.58. The standard InChI is InChI=1S/C5H9BNO3S/c1-6-5(8)7-11(9,10)4-2-3-4/h4H,2-3H2,1H3,(H,7,8). The summed E-state index contributed by atoms with van der Waals surface area (Å²) in [7, 11) is -2.13. The van der Waals surface area contributed by atoms with Gasteiger partial charge in [-0.3, -0.25) is 9.52 Å². The van der Waals surface area contributed by atoms with Gasteiger partial charge in [0.05, 0.1) is 5.25 Å². The summed E-state index contributed by atoms with van der Waals surface area (Å²) in [4.78, 5) is 10.6. The van der Waals surface area contributed by atoms with Gasteiger partial charge in [0.2, 0.25) is 17.3 Å². The summed E-state index contributed by atoms with van der Waals surface area (Å²) in [5.74, 6) is -0.545. The van der Waals surface area contributed by atoms with Crippen LogP contribution in [0.1, 0.15) is 12.8 Å². The summed E-state index contributed by atoms with van der Waals surface area (Å²) < 4.78 is 24.0. The third-order valence-corrected chi connectivity index (χ3v) is 3.30. The number of carbonyl (C=O) groups is 1. The van der Waals surface area contributed by atoms with E-state index in [2.05, 4.69) is 0 Å². The van der Waals surface area contributed by atoms with Crippen LogP contribution in [0.25, 0.3) is 0 Å². The normalized spacial score (nSPS) is 17.5. The minimum Gasteiger partial charge on any atom is -0.287 e. The van der Waals surface area contributed by atoms with Gasteiger partial charge in [-0.05, 0) is 12.8 Å². The Balaban J connectivity index is 2.53. The van der Waals surface area contributed by atoms with E-state index in [9.17, 15) is 13.2 Å². The van der Waals surface area contributed by atoms with Crippen LogP contribution in [0.3, 0.4) is 0 Å². The number of amides is 1. The van der Waals surface area contributed by atoms with Crippen molar-refractivity contribution in [3.63, 3.8) is 0 Å². The molecule has 0 bridgehead atoms. The Morgan fingerprint density at radius 3 is 2.45 bits per heavy atom. The van der Waals surface area contributed by atoms with Crippen molar-refractivity contribution in [3.8, 4) is 0 Å². The molecule has 1 aliphatic carbocycles. The zero-order valence-corrected chi connectivity index (χ0v) is 7.02. The Labute approximate surface area is 66.7 Å². The molecule has 0 saturated heterocycles. The quantitative estimate of drug-likeness (QED) is 0.609. The van der Waals surface area contributed by atoms with Crippen LogP contribution in [0.4, 0.5) is 4.79 Å². The molecule has 0 spiro atoms. The van der Waals surface area contributed by atoms with E-state index in [-0.39, 0.29) is 5.25 Å². The lowest BCUT2D eigenvalue weighted by molar-refractivity contribution is 0.263. The van der Waals surface area contributed by atoms with Crippen LogP contribution in [-0.4, -0.2) is 26.8 Å². The van der Waals surface area contributed by atoms with E-state index < -0.39 is 15.8 Å². The largest absolute Gasteiger partial charge is 0.287 e. The number of carbonyl (C=O) groups excluding carboxylic acids is 1. The topological polar surface area (TPSA) is 63.2 Å². The molecule has 6 heteroatoms. The van der Waals surface area contributed by atoms with Gasteiger partial charge in [0, 0.05) is 0 Å². The van der Waals surface area contributed by atoms with Crippen molar-refractivity contribution in [1.82, 2.24) is 4.72 Å². The van der Waals surface area contributed by atoms with Crippen LogP contribution in [0.15, 0.2) is 0 Å². The molecule has 0 unspecified atom stereocenters. The average Bonchev–Trinajstić information content (AvgIpc) is 2.66. The smallest absolute Gasteiger partial charge is 0.237 e. The third kappa shape index (κ3) is 2.22. The molecule has 1 rings (SSSR count). The van der Waals surface area contributed by atoms with Crippen LogP contribution < -0.4 is 4.72 Å². The van der Waals surface area contributed by atoms with Crippen molar-refractivity contribution in [1.29, 1.82) is 0 Å². The average molecular weight is 174 g/mol. The van der Waals surface area contributed by atoms with Gasteiger partial charge < -0.3 is 0 Å². The first-order valence-corrected chi connectivity index (χ1v) is 4.96. The SMILES string of the molecule is C[B]C(=O)NS(=O)(=O)C1CC1. The maximum Gasteiger partial charge on any atom is 0.237 e. The van der Waals surface area contributed by atoms with Gasteiger partial charge in [0.15, 0.2) is 5.81 Å². The molecular weight excluding hydrogens is 165 g/mol. The van der Waals surface area contributed by atoms with Crippen molar-refractivity contribution in [2.75, 3.05) is 0 Å². The third-order valence-electron chi connectivity index (χ3n) is 1.47. The Bertz CT molecular complexity index is 257. The Morgan fingerprint density at radius 1 is 1.55 bits per heavy atom. The van der Waals surface area contributed by atoms with E-state index in [1.165, 1.54) is 14.1 Å². The van der Waals surface area contributed by atoms with Gasteiger partial charge in [-0.2, -0.15) is 0 Å². The van der Waals surface area contributed by atoms with Crippen molar-refractivity contribution >= 4 is 23.1 Å². The predicted molar refractivity (Wildman–Crippen MR) is 42.1 cm³/mol. The molecule has 1 radical (unpaired) electrons. The number of hydrogen-bond donors (Lipinski definition) is 1. The fraction of sp³-hybridized carbons (Fsp3) is 0.800. The minimum absolute atomic E-state index is 0.327. The second kappa shape index (κ2) is 2.85. The van der Waals surface area contributed by atoms with Gasteiger partial charge in [-0.15, -0.1) is 0 Å². The monoisotopic (exact) mass is 174 g/mol. The highest BCUT2D eigenvalue weighted by molar-refractivity contribution is 7.91. The summed E-state index contributed by atoms with van der Waals surface area (Å²) in [5, 5.41) is -0.327. The Kier molecular flexibility index (Phi) is 2.22. The highest BCUT2D eigenvalue weighted by Gasteiger charge is 2.36. The van der Waals surface area contributed by atoms with Gasteiger partial charge >= 0.3 is 0 Å². The number of hydrogen-bond acceptors (Lipinski definition) is 3. The number of rotatable bonds is 3. The fourth-order valence-corrected chi connectivity index (χ4v) is 1.98. The van der Waals surface area contributed by atoms with E-state index in [4.69, 9.17) is 0 Å². The van der Waals surface area contributed by atoms with Gasteiger partial charge in [-0.1, -0.05) is 6.82 Å². The summed E-state index contributed by atoms with van der Waals surface area (Å²) in [6.07, 6.45) is 1.35. The Hall–Kier alpha value is -0.515. The maximum atomic E-state index is 11.0. The first-order chi connectivity index (χ1) is 5.06. The van der Waals surface area contributed by atoms with E-state index in [1.807, 2.05) is 4.72 Å². The molecule has 0 aliphatic heterocycles. The molecule has 0 atom stereocenters. The minimum atomic E-state index is -3.33. The van der Waals surface area contributed by atoms with Crippen molar-refractivity contribution in [2.45, 2.75) is 24.9 Å². The van der Waals surface area contributed by atoms with Crippen LogP contribution in [0, 0.1) is 0 Å². The van der Waals surface area contributed by atoms with Crippen LogP contribution in [0.2, 0.25) is 6.82 Å². The number of nitrogens with one attached hydrogen (secondary N) is 1.